The predicted octanol–water partition coefficient (Wildman–Crippen LogP) is 4.02. The molecule has 1 aromatic heterocycles. The molecule has 0 unspecified atom stereocenters. The van der Waals surface area contributed by atoms with Crippen molar-refractivity contribution in [1.82, 2.24) is 15.0 Å². The van der Waals surface area contributed by atoms with Gasteiger partial charge in [-0.2, -0.15) is 0 Å². The van der Waals surface area contributed by atoms with Crippen LogP contribution in [0.2, 0.25) is 0 Å². The van der Waals surface area contributed by atoms with Crippen molar-refractivity contribution in [3.05, 3.63) is 65.0 Å². The van der Waals surface area contributed by atoms with Crippen molar-refractivity contribution in [3.63, 3.8) is 0 Å². The van der Waals surface area contributed by atoms with E-state index in [9.17, 15) is 0 Å². The third kappa shape index (κ3) is 3.52. The maximum Gasteiger partial charge on any atom is 0.140 e. The highest BCUT2D eigenvalue weighted by molar-refractivity contribution is 5.85. The van der Waals surface area contributed by atoms with E-state index in [0.29, 0.717) is 0 Å². The van der Waals surface area contributed by atoms with Crippen molar-refractivity contribution in [1.29, 1.82) is 0 Å². The molecule has 0 saturated carbocycles. The molecule has 1 fully saturated rings. The number of aryl methyl sites for hydroxylation is 1. The van der Waals surface area contributed by atoms with Gasteiger partial charge in [-0.1, -0.05) is 47.6 Å². The average Bonchev–Trinajstić information content (AvgIpc) is 3.13. The van der Waals surface area contributed by atoms with Crippen LogP contribution in [0.4, 0.5) is 0 Å². The summed E-state index contributed by atoms with van der Waals surface area (Å²) >= 11 is 0. The van der Waals surface area contributed by atoms with Gasteiger partial charge in [0, 0.05) is 51.3 Å². The molecule has 3 aromatic rings. The van der Waals surface area contributed by atoms with Gasteiger partial charge >= 0.3 is 0 Å². The summed E-state index contributed by atoms with van der Waals surface area (Å²) in [5.41, 5.74) is 4.03. The molecule has 2 aromatic carbocycles. The van der Waals surface area contributed by atoms with Crippen LogP contribution >= 0.6 is 0 Å². The van der Waals surface area contributed by atoms with E-state index in [2.05, 4.69) is 57.4 Å². The minimum atomic E-state index is 0.945. The first-order chi connectivity index (χ1) is 13.4. The van der Waals surface area contributed by atoms with Crippen LogP contribution in [-0.2, 0) is 25.9 Å². The van der Waals surface area contributed by atoms with E-state index >= 15 is 0 Å². The molecular weight excluding hydrogens is 334 g/mol. The predicted molar refractivity (Wildman–Crippen MR) is 108 cm³/mol. The quantitative estimate of drug-likeness (QED) is 0.702. The van der Waals surface area contributed by atoms with Crippen molar-refractivity contribution in [2.75, 3.05) is 26.2 Å². The monoisotopic (exact) mass is 361 g/mol. The molecule has 0 amide bonds. The molecule has 1 aliphatic heterocycles. The average molecular weight is 361 g/mol. The zero-order valence-corrected chi connectivity index (χ0v) is 15.9. The Morgan fingerprint density at radius 3 is 2.44 bits per heavy atom. The van der Waals surface area contributed by atoms with E-state index in [1.165, 1.54) is 40.4 Å². The largest absolute Gasteiger partial charge is 0.361 e. The summed E-state index contributed by atoms with van der Waals surface area (Å²) in [7, 11) is 0. The van der Waals surface area contributed by atoms with Crippen molar-refractivity contribution >= 4 is 10.8 Å². The molecule has 2 heterocycles. The molecule has 2 aliphatic rings. The van der Waals surface area contributed by atoms with Gasteiger partial charge in [-0.3, -0.25) is 9.80 Å². The summed E-state index contributed by atoms with van der Waals surface area (Å²) in [6.07, 6.45) is 4.74. The van der Waals surface area contributed by atoms with Crippen LogP contribution in [0.1, 0.15) is 35.4 Å². The molecule has 140 valence electrons. The molecule has 5 rings (SSSR count). The minimum absolute atomic E-state index is 0.945. The van der Waals surface area contributed by atoms with Crippen LogP contribution in [0.15, 0.2) is 47.0 Å². The number of aromatic nitrogens is 1. The van der Waals surface area contributed by atoms with Gasteiger partial charge in [0.15, 0.2) is 0 Å². The summed E-state index contributed by atoms with van der Waals surface area (Å²) < 4.78 is 5.58. The zero-order chi connectivity index (χ0) is 18.1. The zero-order valence-electron chi connectivity index (χ0n) is 15.9. The van der Waals surface area contributed by atoms with E-state index < -0.39 is 0 Å². The summed E-state index contributed by atoms with van der Waals surface area (Å²) in [5, 5.41) is 7.11. The molecular formula is C23H27N3O. The lowest BCUT2D eigenvalue weighted by Gasteiger charge is -2.34. The van der Waals surface area contributed by atoms with E-state index in [0.717, 1.165) is 57.9 Å². The van der Waals surface area contributed by atoms with Gasteiger partial charge in [0.1, 0.15) is 11.5 Å². The molecule has 0 atom stereocenters. The van der Waals surface area contributed by atoms with Crippen LogP contribution in [0.3, 0.4) is 0 Å². The number of benzene rings is 2. The van der Waals surface area contributed by atoms with Crippen molar-refractivity contribution in [3.8, 4) is 0 Å². The highest BCUT2D eigenvalue weighted by Crippen LogP contribution is 2.26. The van der Waals surface area contributed by atoms with Crippen LogP contribution in [0.5, 0.6) is 0 Å². The topological polar surface area (TPSA) is 32.5 Å². The van der Waals surface area contributed by atoms with Crippen LogP contribution in [0.25, 0.3) is 10.8 Å². The summed E-state index contributed by atoms with van der Waals surface area (Å²) in [5.74, 6) is 1.14. The van der Waals surface area contributed by atoms with E-state index in [-0.39, 0.29) is 0 Å². The standard InChI is InChI=1S/C23H27N3O/c1-2-9-20-18(6-1)7-5-8-19(20)16-25-12-14-26(15-13-25)17-22-21-10-3-4-11-23(21)27-24-22/h1-2,5-9H,3-4,10-17H2. The van der Waals surface area contributed by atoms with Crippen molar-refractivity contribution < 1.29 is 4.52 Å². The smallest absolute Gasteiger partial charge is 0.140 e. The van der Waals surface area contributed by atoms with E-state index in [1.807, 2.05) is 0 Å². The van der Waals surface area contributed by atoms with Gasteiger partial charge in [-0.05, 0) is 35.6 Å². The second-order valence-electron chi connectivity index (χ2n) is 7.93. The van der Waals surface area contributed by atoms with Gasteiger partial charge in [0.25, 0.3) is 0 Å². The Labute approximate surface area is 160 Å². The minimum Gasteiger partial charge on any atom is -0.361 e. The lowest BCUT2D eigenvalue weighted by Crippen LogP contribution is -2.45. The highest BCUT2D eigenvalue weighted by Gasteiger charge is 2.23. The second kappa shape index (κ2) is 7.45. The fourth-order valence-electron chi connectivity index (χ4n) is 4.56. The molecule has 4 nitrogen and oxygen atoms in total. The lowest BCUT2D eigenvalue weighted by molar-refractivity contribution is 0.120. The molecule has 1 saturated heterocycles. The first-order valence-electron chi connectivity index (χ1n) is 10.2. The van der Waals surface area contributed by atoms with Crippen LogP contribution < -0.4 is 0 Å². The van der Waals surface area contributed by atoms with Crippen molar-refractivity contribution in [2.45, 2.75) is 38.8 Å². The summed E-state index contributed by atoms with van der Waals surface area (Å²) in [4.78, 5) is 5.11. The molecule has 4 heteroatoms. The molecule has 0 radical (unpaired) electrons. The van der Waals surface area contributed by atoms with Gasteiger partial charge < -0.3 is 4.52 Å². The van der Waals surface area contributed by atoms with Crippen LogP contribution in [-0.4, -0.2) is 41.1 Å². The Bertz CT molecular complexity index is 919. The Morgan fingerprint density at radius 1 is 0.815 bits per heavy atom. The molecule has 27 heavy (non-hydrogen) atoms. The van der Waals surface area contributed by atoms with Gasteiger partial charge in [0.2, 0.25) is 0 Å². The Hall–Kier alpha value is -2.17. The van der Waals surface area contributed by atoms with Crippen molar-refractivity contribution in [2.24, 2.45) is 0 Å². The fourth-order valence-corrected chi connectivity index (χ4v) is 4.56. The number of fused-ring (bicyclic) bond motifs is 2. The molecule has 0 N–H and O–H groups in total. The lowest BCUT2D eigenvalue weighted by atomic mass is 9.96. The Morgan fingerprint density at radius 2 is 1.56 bits per heavy atom. The number of rotatable bonds is 4. The first kappa shape index (κ1) is 17.0. The van der Waals surface area contributed by atoms with Crippen LogP contribution in [0, 0.1) is 0 Å². The number of hydrogen-bond acceptors (Lipinski definition) is 4. The second-order valence-corrected chi connectivity index (χ2v) is 7.93. The normalized spacial score (nSPS) is 18.7. The number of hydrogen-bond donors (Lipinski definition) is 0. The fraction of sp³-hybridized carbons (Fsp3) is 0.435. The van der Waals surface area contributed by atoms with E-state index in [4.69, 9.17) is 4.52 Å². The van der Waals surface area contributed by atoms with Gasteiger partial charge in [-0.15, -0.1) is 0 Å². The van der Waals surface area contributed by atoms with Gasteiger partial charge in [0.05, 0.1) is 0 Å². The summed E-state index contributed by atoms with van der Waals surface area (Å²) in [6.45, 7) is 6.42. The number of nitrogens with zero attached hydrogens (tertiary/aromatic N) is 3. The molecule has 0 spiro atoms. The maximum atomic E-state index is 5.58. The number of piperazine rings is 1. The van der Waals surface area contributed by atoms with E-state index in [1.54, 1.807) is 0 Å². The third-order valence-electron chi connectivity index (χ3n) is 6.14. The maximum absolute atomic E-state index is 5.58. The highest BCUT2D eigenvalue weighted by atomic mass is 16.5. The molecule has 0 bridgehead atoms. The summed E-state index contributed by atoms with van der Waals surface area (Å²) in [6, 6.07) is 15.4. The SMILES string of the molecule is c1ccc2c(CN3CCN(Cc4noc5c4CCCC5)CC3)cccc2c1. The molecule has 1 aliphatic carbocycles. The Kier molecular flexibility index (Phi) is 4.68. The third-order valence-corrected chi connectivity index (χ3v) is 6.14. The Balaban J connectivity index is 1.21. The first-order valence-corrected chi connectivity index (χ1v) is 10.2. The van der Waals surface area contributed by atoms with Gasteiger partial charge in [-0.25, -0.2) is 0 Å².